The highest BCUT2D eigenvalue weighted by Gasteiger charge is 2.29. The Labute approximate surface area is 143 Å². The van der Waals surface area contributed by atoms with Gasteiger partial charge in [0.05, 0.1) is 0 Å². The van der Waals surface area contributed by atoms with Crippen LogP contribution < -0.4 is 10.0 Å². The molecule has 1 aromatic heterocycles. The average Bonchev–Trinajstić information content (AvgIpc) is 2.96. The Morgan fingerprint density at radius 3 is 2.52 bits per heavy atom. The molecule has 3 atom stereocenters. The smallest absolute Gasteiger partial charge is 0.408 e. The molecule has 8 heteroatoms. The van der Waals surface area contributed by atoms with Crippen LogP contribution in [-0.2, 0) is 20.5 Å². The van der Waals surface area contributed by atoms with Crippen molar-refractivity contribution in [1.82, 2.24) is 10.0 Å². The zero-order valence-electron chi connectivity index (χ0n) is 14.0. The van der Waals surface area contributed by atoms with E-state index in [1.54, 1.807) is 38.3 Å². The maximum atomic E-state index is 12.4. The SMILES string of the molecule is CC[C@H](C)[C@H](NC(=O)OC(C)(C)C)C(=O)NS(=O)c1cccs1. The van der Waals surface area contributed by atoms with Crippen molar-refractivity contribution in [3.8, 4) is 0 Å². The van der Waals surface area contributed by atoms with Crippen molar-refractivity contribution >= 4 is 34.3 Å². The molecule has 0 aliphatic heterocycles. The van der Waals surface area contributed by atoms with Gasteiger partial charge in [0.25, 0.3) is 5.91 Å². The van der Waals surface area contributed by atoms with Gasteiger partial charge in [0, 0.05) is 0 Å². The first-order valence-corrected chi connectivity index (χ1v) is 9.42. The van der Waals surface area contributed by atoms with Gasteiger partial charge in [0.1, 0.15) is 15.9 Å². The number of carbonyl (C=O) groups is 2. The number of alkyl carbamates (subject to hydrolysis) is 1. The minimum atomic E-state index is -1.63. The Morgan fingerprint density at radius 2 is 2.04 bits per heavy atom. The Balaban J connectivity index is 2.75. The van der Waals surface area contributed by atoms with Gasteiger partial charge in [-0.25, -0.2) is 9.00 Å². The normalized spacial score (nSPS) is 15.3. The van der Waals surface area contributed by atoms with Crippen molar-refractivity contribution in [3.05, 3.63) is 17.5 Å². The van der Waals surface area contributed by atoms with E-state index in [2.05, 4.69) is 10.0 Å². The van der Waals surface area contributed by atoms with Gasteiger partial charge in [-0.15, -0.1) is 11.3 Å². The fourth-order valence-electron chi connectivity index (χ4n) is 1.71. The summed E-state index contributed by atoms with van der Waals surface area (Å²) < 4.78 is 20.3. The van der Waals surface area contributed by atoms with E-state index >= 15 is 0 Å². The summed E-state index contributed by atoms with van der Waals surface area (Å²) in [6.07, 6.45) is 0.0133. The molecule has 23 heavy (non-hydrogen) atoms. The number of ether oxygens (including phenoxy) is 1. The molecule has 6 nitrogen and oxygen atoms in total. The van der Waals surface area contributed by atoms with Crippen LogP contribution in [0.2, 0.25) is 0 Å². The maximum absolute atomic E-state index is 12.4. The predicted octanol–water partition coefficient (Wildman–Crippen LogP) is 2.83. The van der Waals surface area contributed by atoms with Crippen molar-refractivity contribution in [2.75, 3.05) is 0 Å². The first-order valence-electron chi connectivity index (χ1n) is 7.39. The Bertz CT molecular complexity index is 552. The summed E-state index contributed by atoms with van der Waals surface area (Å²) in [7, 11) is -1.63. The molecule has 1 rings (SSSR count). The minimum absolute atomic E-state index is 0.122. The van der Waals surface area contributed by atoms with Crippen LogP contribution in [0.5, 0.6) is 0 Å². The van der Waals surface area contributed by atoms with Crippen LogP contribution in [0.1, 0.15) is 41.0 Å². The summed E-state index contributed by atoms with van der Waals surface area (Å²) in [6, 6.07) is 2.63. The summed E-state index contributed by atoms with van der Waals surface area (Å²) >= 11 is 1.29. The zero-order chi connectivity index (χ0) is 17.6. The van der Waals surface area contributed by atoms with Crippen molar-refractivity contribution < 1.29 is 18.5 Å². The van der Waals surface area contributed by atoms with Crippen LogP contribution in [0.4, 0.5) is 4.79 Å². The monoisotopic (exact) mass is 360 g/mol. The second-order valence-corrected chi connectivity index (χ2v) is 8.56. The molecule has 0 radical (unpaired) electrons. The van der Waals surface area contributed by atoms with Crippen LogP contribution in [0.3, 0.4) is 0 Å². The zero-order valence-corrected chi connectivity index (χ0v) is 15.7. The lowest BCUT2D eigenvalue weighted by Crippen LogP contribution is -2.51. The molecule has 1 aromatic rings. The van der Waals surface area contributed by atoms with Crippen LogP contribution in [-0.4, -0.2) is 27.9 Å². The standard InChI is InChI=1S/C15H24N2O4S2/c1-6-10(2)12(16-14(19)21-15(3,4)5)13(18)17-23(20)11-8-7-9-22-11/h7-10,12H,6H2,1-5H3,(H,16,19)(H,17,18)/t10-,12-,23?/m0/s1. The van der Waals surface area contributed by atoms with Crippen LogP contribution >= 0.6 is 11.3 Å². The van der Waals surface area contributed by atoms with Crippen LogP contribution in [0.15, 0.2) is 21.7 Å². The number of rotatable bonds is 6. The lowest BCUT2D eigenvalue weighted by Gasteiger charge is -2.26. The molecular weight excluding hydrogens is 336 g/mol. The quantitative estimate of drug-likeness (QED) is 0.817. The van der Waals surface area contributed by atoms with E-state index in [1.807, 2.05) is 13.8 Å². The molecule has 0 aromatic carbocycles. The second-order valence-electron chi connectivity index (χ2n) is 6.18. The molecular formula is C15H24N2O4S2. The molecule has 0 spiro atoms. The van der Waals surface area contributed by atoms with Gasteiger partial charge in [-0.3, -0.25) is 9.52 Å². The third-order valence-corrected chi connectivity index (χ3v) is 5.33. The van der Waals surface area contributed by atoms with Crippen molar-refractivity contribution in [2.24, 2.45) is 5.92 Å². The predicted molar refractivity (Wildman–Crippen MR) is 91.5 cm³/mol. The highest BCUT2D eigenvalue weighted by atomic mass is 32.2. The molecule has 2 N–H and O–H groups in total. The third-order valence-electron chi connectivity index (χ3n) is 3.04. The molecule has 0 fully saturated rings. The van der Waals surface area contributed by atoms with E-state index < -0.39 is 34.6 Å². The second kappa shape index (κ2) is 8.44. The topological polar surface area (TPSA) is 84.5 Å². The number of amides is 2. The number of carbonyl (C=O) groups excluding carboxylic acids is 2. The molecule has 0 saturated carbocycles. The van der Waals surface area contributed by atoms with Crippen molar-refractivity contribution in [3.63, 3.8) is 0 Å². The average molecular weight is 361 g/mol. The Hall–Kier alpha value is -1.41. The van der Waals surface area contributed by atoms with Gasteiger partial charge in [-0.05, 0) is 38.1 Å². The van der Waals surface area contributed by atoms with Crippen molar-refractivity contribution in [2.45, 2.75) is 56.9 Å². The van der Waals surface area contributed by atoms with Gasteiger partial charge >= 0.3 is 6.09 Å². The van der Waals surface area contributed by atoms with Gasteiger partial charge < -0.3 is 10.1 Å². The fraction of sp³-hybridized carbons (Fsp3) is 0.600. The molecule has 0 bridgehead atoms. The molecule has 0 aliphatic rings. The van der Waals surface area contributed by atoms with Gasteiger partial charge in [0.2, 0.25) is 0 Å². The largest absolute Gasteiger partial charge is 0.444 e. The minimum Gasteiger partial charge on any atom is -0.444 e. The van der Waals surface area contributed by atoms with Crippen LogP contribution in [0, 0.1) is 5.92 Å². The molecule has 1 heterocycles. The fourth-order valence-corrected chi connectivity index (χ4v) is 3.41. The maximum Gasteiger partial charge on any atom is 0.408 e. The summed E-state index contributed by atoms with van der Waals surface area (Å²) in [5.74, 6) is -0.611. The van der Waals surface area contributed by atoms with E-state index in [4.69, 9.17) is 4.74 Å². The number of hydrogen-bond donors (Lipinski definition) is 2. The van der Waals surface area contributed by atoms with Gasteiger partial charge in [-0.1, -0.05) is 26.3 Å². The lowest BCUT2D eigenvalue weighted by molar-refractivity contribution is -0.122. The first kappa shape index (κ1) is 19.6. The molecule has 0 aliphatic carbocycles. The van der Waals surface area contributed by atoms with E-state index in [1.165, 1.54) is 11.3 Å². The summed E-state index contributed by atoms with van der Waals surface area (Å²) in [5, 5.41) is 4.35. The van der Waals surface area contributed by atoms with Gasteiger partial charge in [-0.2, -0.15) is 0 Å². The number of hydrogen-bond acceptors (Lipinski definition) is 5. The number of nitrogens with one attached hydrogen (secondary N) is 2. The lowest BCUT2D eigenvalue weighted by atomic mass is 9.99. The first-order chi connectivity index (χ1) is 10.6. The Morgan fingerprint density at radius 1 is 1.39 bits per heavy atom. The Kier molecular flexibility index (Phi) is 7.21. The van der Waals surface area contributed by atoms with Crippen LogP contribution in [0.25, 0.3) is 0 Å². The molecule has 2 amide bonds. The summed E-state index contributed by atoms with van der Waals surface area (Å²) in [4.78, 5) is 24.3. The molecule has 1 unspecified atom stereocenters. The molecule has 130 valence electrons. The summed E-state index contributed by atoms with van der Waals surface area (Å²) in [5.41, 5.74) is -0.652. The van der Waals surface area contributed by atoms with E-state index in [0.717, 1.165) is 0 Å². The van der Waals surface area contributed by atoms with E-state index in [9.17, 15) is 13.8 Å². The van der Waals surface area contributed by atoms with E-state index in [-0.39, 0.29) is 5.92 Å². The molecule has 0 saturated heterocycles. The number of thiophene rings is 1. The van der Waals surface area contributed by atoms with Crippen molar-refractivity contribution in [1.29, 1.82) is 0 Å². The van der Waals surface area contributed by atoms with Gasteiger partial charge in [0.15, 0.2) is 11.0 Å². The highest BCUT2D eigenvalue weighted by Crippen LogP contribution is 2.14. The summed E-state index contributed by atoms with van der Waals surface area (Å²) in [6.45, 7) is 9.00. The third kappa shape index (κ3) is 6.70. The van der Waals surface area contributed by atoms with E-state index in [0.29, 0.717) is 10.6 Å². The highest BCUT2D eigenvalue weighted by molar-refractivity contribution is 7.86.